The summed E-state index contributed by atoms with van der Waals surface area (Å²) in [7, 11) is 0. The number of aliphatic hydroxyl groups excluding tert-OH is 1. The molecule has 19 heavy (non-hydrogen) atoms. The Morgan fingerprint density at radius 2 is 1.84 bits per heavy atom. The summed E-state index contributed by atoms with van der Waals surface area (Å²) in [6.45, 7) is 4.98. The SMILES string of the molecule is CCC(CC)(CO)NCCc1ccc([N+](=O)[O-])cc1. The summed E-state index contributed by atoms with van der Waals surface area (Å²) in [6, 6.07) is 6.60. The number of hydrogen-bond donors (Lipinski definition) is 2. The fourth-order valence-electron chi connectivity index (χ4n) is 2.04. The number of rotatable bonds is 8. The quantitative estimate of drug-likeness (QED) is 0.559. The molecule has 0 amide bonds. The Morgan fingerprint density at radius 3 is 2.26 bits per heavy atom. The Labute approximate surface area is 113 Å². The summed E-state index contributed by atoms with van der Waals surface area (Å²) >= 11 is 0. The first kappa shape index (κ1) is 15.6. The highest BCUT2D eigenvalue weighted by molar-refractivity contribution is 5.32. The van der Waals surface area contributed by atoms with Crippen LogP contribution < -0.4 is 5.32 Å². The highest BCUT2D eigenvalue weighted by Gasteiger charge is 2.23. The number of non-ortho nitro benzene ring substituents is 1. The molecule has 0 aliphatic carbocycles. The van der Waals surface area contributed by atoms with Crippen molar-refractivity contribution in [3.8, 4) is 0 Å². The van der Waals surface area contributed by atoms with E-state index in [1.165, 1.54) is 12.1 Å². The van der Waals surface area contributed by atoms with Gasteiger partial charge in [-0.2, -0.15) is 0 Å². The van der Waals surface area contributed by atoms with Gasteiger partial charge in [0.25, 0.3) is 5.69 Å². The Morgan fingerprint density at radius 1 is 1.26 bits per heavy atom. The molecule has 1 rings (SSSR count). The molecule has 0 unspecified atom stereocenters. The van der Waals surface area contributed by atoms with Crippen LogP contribution in [0.5, 0.6) is 0 Å². The maximum absolute atomic E-state index is 10.5. The van der Waals surface area contributed by atoms with Crippen LogP contribution in [0.2, 0.25) is 0 Å². The van der Waals surface area contributed by atoms with Crippen molar-refractivity contribution < 1.29 is 10.0 Å². The maximum Gasteiger partial charge on any atom is 0.269 e. The summed E-state index contributed by atoms with van der Waals surface area (Å²) in [5.74, 6) is 0. The van der Waals surface area contributed by atoms with E-state index in [9.17, 15) is 15.2 Å². The van der Waals surface area contributed by atoms with Crippen LogP contribution >= 0.6 is 0 Å². The lowest BCUT2D eigenvalue weighted by Gasteiger charge is -2.31. The number of benzene rings is 1. The zero-order valence-corrected chi connectivity index (χ0v) is 11.6. The van der Waals surface area contributed by atoms with E-state index >= 15 is 0 Å². The van der Waals surface area contributed by atoms with E-state index in [1.54, 1.807) is 12.1 Å². The van der Waals surface area contributed by atoms with Gasteiger partial charge in [0.15, 0.2) is 0 Å². The van der Waals surface area contributed by atoms with Gasteiger partial charge in [0.1, 0.15) is 0 Å². The minimum atomic E-state index is -0.396. The molecule has 0 saturated heterocycles. The fraction of sp³-hybridized carbons (Fsp3) is 0.571. The molecular formula is C14H22N2O3. The van der Waals surface area contributed by atoms with E-state index in [0.717, 1.165) is 31.4 Å². The third-order valence-electron chi connectivity index (χ3n) is 3.72. The number of nitrogens with one attached hydrogen (secondary N) is 1. The molecule has 5 heteroatoms. The second-order valence-corrected chi connectivity index (χ2v) is 4.75. The Balaban J connectivity index is 2.51. The molecule has 0 spiro atoms. The van der Waals surface area contributed by atoms with Crippen LogP contribution in [-0.2, 0) is 6.42 Å². The number of nitro groups is 1. The smallest absolute Gasteiger partial charge is 0.269 e. The summed E-state index contributed by atoms with van der Waals surface area (Å²) in [4.78, 5) is 10.1. The van der Waals surface area contributed by atoms with Gasteiger partial charge in [0, 0.05) is 17.7 Å². The third-order valence-corrected chi connectivity index (χ3v) is 3.72. The number of aliphatic hydroxyl groups is 1. The number of hydrogen-bond acceptors (Lipinski definition) is 4. The fourth-order valence-corrected chi connectivity index (χ4v) is 2.04. The number of nitrogens with zero attached hydrogens (tertiary/aromatic N) is 1. The van der Waals surface area contributed by atoms with Gasteiger partial charge in [-0.3, -0.25) is 10.1 Å². The van der Waals surface area contributed by atoms with Crippen LogP contribution in [-0.4, -0.2) is 28.7 Å². The molecule has 0 saturated carbocycles. The molecule has 5 nitrogen and oxygen atoms in total. The van der Waals surface area contributed by atoms with Crippen LogP contribution in [0.15, 0.2) is 24.3 Å². The topological polar surface area (TPSA) is 75.4 Å². The van der Waals surface area contributed by atoms with Crippen LogP contribution in [0.25, 0.3) is 0 Å². The van der Waals surface area contributed by atoms with Crippen LogP contribution in [0.3, 0.4) is 0 Å². The van der Waals surface area contributed by atoms with Gasteiger partial charge in [-0.25, -0.2) is 0 Å². The zero-order valence-electron chi connectivity index (χ0n) is 11.6. The van der Waals surface area contributed by atoms with E-state index in [1.807, 2.05) is 0 Å². The first-order valence-corrected chi connectivity index (χ1v) is 6.66. The van der Waals surface area contributed by atoms with Crippen molar-refractivity contribution in [2.24, 2.45) is 0 Å². The van der Waals surface area contributed by atoms with Crippen molar-refractivity contribution in [1.29, 1.82) is 0 Å². The van der Waals surface area contributed by atoms with Crippen LogP contribution in [0.1, 0.15) is 32.3 Å². The van der Waals surface area contributed by atoms with Crippen molar-refractivity contribution >= 4 is 5.69 Å². The molecule has 0 heterocycles. The molecule has 106 valence electrons. The van der Waals surface area contributed by atoms with E-state index in [-0.39, 0.29) is 17.8 Å². The summed E-state index contributed by atoms with van der Waals surface area (Å²) in [5.41, 5.74) is 0.960. The number of nitro benzene ring substituents is 1. The Bertz CT molecular complexity index is 391. The average Bonchev–Trinajstić information content (AvgIpc) is 2.45. The zero-order chi connectivity index (χ0) is 14.3. The molecule has 0 aliphatic heterocycles. The van der Waals surface area contributed by atoms with Crippen molar-refractivity contribution in [3.05, 3.63) is 39.9 Å². The van der Waals surface area contributed by atoms with E-state index in [2.05, 4.69) is 19.2 Å². The molecule has 0 aliphatic rings. The van der Waals surface area contributed by atoms with Crippen molar-refractivity contribution in [2.75, 3.05) is 13.2 Å². The normalized spacial score (nSPS) is 11.5. The minimum absolute atomic E-state index is 0.114. The highest BCUT2D eigenvalue weighted by atomic mass is 16.6. The van der Waals surface area contributed by atoms with Crippen molar-refractivity contribution in [3.63, 3.8) is 0 Å². The molecule has 0 bridgehead atoms. The second kappa shape index (κ2) is 7.21. The lowest BCUT2D eigenvalue weighted by molar-refractivity contribution is -0.384. The highest BCUT2D eigenvalue weighted by Crippen LogP contribution is 2.15. The summed E-state index contributed by atoms with van der Waals surface area (Å²) in [5, 5.41) is 23.4. The van der Waals surface area contributed by atoms with Gasteiger partial charge in [0.2, 0.25) is 0 Å². The second-order valence-electron chi connectivity index (χ2n) is 4.75. The van der Waals surface area contributed by atoms with Gasteiger partial charge in [-0.05, 0) is 31.4 Å². The molecule has 0 fully saturated rings. The van der Waals surface area contributed by atoms with Crippen molar-refractivity contribution in [1.82, 2.24) is 5.32 Å². The first-order chi connectivity index (χ1) is 9.06. The van der Waals surface area contributed by atoms with E-state index in [4.69, 9.17) is 0 Å². The van der Waals surface area contributed by atoms with Crippen LogP contribution in [0.4, 0.5) is 5.69 Å². The average molecular weight is 266 g/mol. The first-order valence-electron chi connectivity index (χ1n) is 6.66. The predicted molar refractivity (Wildman–Crippen MR) is 75.2 cm³/mol. The van der Waals surface area contributed by atoms with Crippen LogP contribution in [0, 0.1) is 10.1 Å². The van der Waals surface area contributed by atoms with Gasteiger partial charge < -0.3 is 10.4 Å². The summed E-state index contributed by atoms with van der Waals surface area (Å²) in [6.07, 6.45) is 2.54. The summed E-state index contributed by atoms with van der Waals surface area (Å²) < 4.78 is 0. The van der Waals surface area contributed by atoms with Gasteiger partial charge in [-0.15, -0.1) is 0 Å². The largest absolute Gasteiger partial charge is 0.394 e. The molecule has 0 aromatic heterocycles. The minimum Gasteiger partial charge on any atom is -0.394 e. The van der Waals surface area contributed by atoms with E-state index in [0.29, 0.717) is 0 Å². The van der Waals surface area contributed by atoms with Gasteiger partial charge in [-0.1, -0.05) is 26.0 Å². The third kappa shape index (κ3) is 4.29. The Kier molecular flexibility index (Phi) is 5.92. The molecule has 1 aromatic rings. The van der Waals surface area contributed by atoms with Gasteiger partial charge in [0.05, 0.1) is 11.5 Å². The molecular weight excluding hydrogens is 244 g/mol. The van der Waals surface area contributed by atoms with E-state index < -0.39 is 4.92 Å². The molecule has 2 N–H and O–H groups in total. The molecule has 0 radical (unpaired) electrons. The lowest BCUT2D eigenvalue weighted by atomic mass is 9.93. The predicted octanol–water partition coefficient (Wildman–Crippen LogP) is 2.28. The maximum atomic E-state index is 10.5. The standard InChI is InChI=1S/C14H22N2O3/c1-3-14(4-2,11-17)15-10-9-12-5-7-13(8-6-12)16(18)19/h5-8,15,17H,3-4,9-11H2,1-2H3. The van der Waals surface area contributed by atoms with Crippen molar-refractivity contribution in [2.45, 2.75) is 38.6 Å². The lowest BCUT2D eigenvalue weighted by Crippen LogP contribution is -2.48. The monoisotopic (exact) mass is 266 g/mol. The Hall–Kier alpha value is -1.46. The molecule has 0 atom stereocenters. The van der Waals surface area contributed by atoms with Gasteiger partial charge >= 0.3 is 0 Å². The molecule has 1 aromatic carbocycles.